The summed E-state index contributed by atoms with van der Waals surface area (Å²) in [4.78, 5) is 29.6. The maximum atomic E-state index is 14.0. The number of carbonyl (C=O) groups excluding carboxylic acids is 2. The van der Waals surface area contributed by atoms with Crippen LogP contribution in [0.25, 0.3) is 0 Å². The Balaban J connectivity index is 1.38. The van der Waals surface area contributed by atoms with Crippen LogP contribution in [0.5, 0.6) is 17.2 Å². The van der Waals surface area contributed by atoms with Crippen molar-refractivity contribution in [1.82, 2.24) is 14.5 Å². The van der Waals surface area contributed by atoms with Crippen molar-refractivity contribution in [2.45, 2.75) is 24.0 Å². The molecule has 1 fully saturated rings. The molecule has 5 rings (SSSR count). The number of nitrogens with zero attached hydrogens (tertiary/aromatic N) is 2. The summed E-state index contributed by atoms with van der Waals surface area (Å²) in [6, 6.07) is 28.7. The van der Waals surface area contributed by atoms with Crippen LogP contribution in [0.15, 0.2) is 108 Å². The van der Waals surface area contributed by atoms with Gasteiger partial charge in [0.1, 0.15) is 23.3 Å². The number of rotatable bonds is 14. The molecule has 0 aliphatic carbocycles. The minimum atomic E-state index is -3.68. The molecule has 0 spiro atoms. The smallest absolute Gasteiger partial charge is 0.261 e. The van der Waals surface area contributed by atoms with E-state index >= 15 is 0 Å². The van der Waals surface area contributed by atoms with Gasteiger partial charge in [0.15, 0.2) is 6.61 Å². The summed E-state index contributed by atoms with van der Waals surface area (Å²) >= 11 is 0. The van der Waals surface area contributed by atoms with Crippen LogP contribution in [0, 0.1) is 0 Å². The zero-order valence-corrected chi connectivity index (χ0v) is 27.7. The summed E-state index contributed by atoms with van der Waals surface area (Å²) in [7, 11) is -0.541. The average molecular weight is 674 g/mol. The average Bonchev–Trinajstić information content (AvgIpc) is 3.14. The van der Waals surface area contributed by atoms with Gasteiger partial charge in [0.2, 0.25) is 15.9 Å². The molecule has 12 heteroatoms. The fourth-order valence-electron chi connectivity index (χ4n) is 5.36. The van der Waals surface area contributed by atoms with Crippen LogP contribution < -0.4 is 19.5 Å². The molecule has 1 aliphatic rings. The molecule has 252 valence electrons. The lowest BCUT2D eigenvalue weighted by Gasteiger charge is -2.31. The highest BCUT2D eigenvalue weighted by molar-refractivity contribution is 7.89. The van der Waals surface area contributed by atoms with Gasteiger partial charge >= 0.3 is 0 Å². The van der Waals surface area contributed by atoms with E-state index in [0.717, 1.165) is 11.1 Å². The van der Waals surface area contributed by atoms with Crippen molar-refractivity contribution in [1.29, 1.82) is 0 Å². The molecule has 4 aromatic carbocycles. The third-order valence-electron chi connectivity index (χ3n) is 7.95. The van der Waals surface area contributed by atoms with E-state index in [-0.39, 0.29) is 37.0 Å². The maximum absolute atomic E-state index is 14.0. The Bertz CT molecular complexity index is 1760. The number of morpholine rings is 1. The largest absolute Gasteiger partial charge is 0.497 e. The third kappa shape index (κ3) is 8.51. The van der Waals surface area contributed by atoms with E-state index in [0.29, 0.717) is 36.0 Å². The van der Waals surface area contributed by atoms with E-state index in [1.165, 1.54) is 33.5 Å². The fourth-order valence-corrected chi connectivity index (χ4v) is 6.77. The normalized spacial score (nSPS) is 14.0. The summed E-state index contributed by atoms with van der Waals surface area (Å²) < 4.78 is 49.4. The van der Waals surface area contributed by atoms with E-state index in [4.69, 9.17) is 18.9 Å². The Labute approximate surface area is 281 Å². The molecule has 48 heavy (non-hydrogen) atoms. The summed E-state index contributed by atoms with van der Waals surface area (Å²) in [6.45, 7) is 1.16. The topological polar surface area (TPSA) is 124 Å². The van der Waals surface area contributed by atoms with Crippen LogP contribution in [0.2, 0.25) is 0 Å². The molecule has 1 N–H and O–H groups in total. The lowest BCUT2D eigenvalue weighted by Crippen LogP contribution is -2.45. The van der Waals surface area contributed by atoms with Gasteiger partial charge in [0.05, 0.1) is 32.3 Å². The van der Waals surface area contributed by atoms with Crippen LogP contribution in [0.3, 0.4) is 0 Å². The standard InChI is InChI=1S/C36H39N3O8S/c1-44-30-14-12-27(13-15-30)25-39(34(40)26-47-31-16-18-32(19-17-31)48(42,43)38-20-22-46-23-21-38)35(28-8-4-3-5-9-28)36(41)37-24-29-10-6-7-11-33(29)45-2/h3-19,35H,20-26H2,1-2H3,(H,37,41)/t35-/m0/s1. The Morgan fingerprint density at radius 1 is 0.833 bits per heavy atom. The van der Waals surface area contributed by atoms with Gasteiger partial charge in [-0.05, 0) is 53.6 Å². The van der Waals surface area contributed by atoms with Gasteiger partial charge in [-0.1, -0.05) is 60.7 Å². The molecule has 0 radical (unpaired) electrons. The molecule has 1 aliphatic heterocycles. The number of ether oxygens (including phenoxy) is 4. The molecule has 0 bridgehead atoms. The summed E-state index contributed by atoms with van der Waals surface area (Å²) in [6.07, 6.45) is 0. The second kappa shape index (κ2) is 16.3. The first-order chi connectivity index (χ1) is 23.3. The first-order valence-corrected chi connectivity index (χ1v) is 16.9. The SMILES string of the molecule is COc1ccc(CN(C(=O)COc2ccc(S(=O)(=O)N3CCOCC3)cc2)[C@H](C(=O)NCc2ccccc2OC)c2ccccc2)cc1. The van der Waals surface area contributed by atoms with Crippen molar-refractivity contribution >= 4 is 21.8 Å². The first-order valence-electron chi connectivity index (χ1n) is 15.5. The van der Waals surface area contributed by atoms with Crippen LogP contribution in [-0.2, 0) is 37.4 Å². The summed E-state index contributed by atoms with van der Waals surface area (Å²) in [5, 5.41) is 2.99. The summed E-state index contributed by atoms with van der Waals surface area (Å²) in [5.74, 6) is 0.778. The highest BCUT2D eigenvalue weighted by Gasteiger charge is 2.32. The Kier molecular flexibility index (Phi) is 11.7. The van der Waals surface area contributed by atoms with Gasteiger partial charge in [-0.15, -0.1) is 0 Å². The minimum absolute atomic E-state index is 0.102. The zero-order chi connectivity index (χ0) is 33.9. The van der Waals surface area contributed by atoms with Gasteiger partial charge in [-0.3, -0.25) is 9.59 Å². The predicted octanol–water partition coefficient (Wildman–Crippen LogP) is 4.19. The second-order valence-electron chi connectivity index (χ2n) is 11.0. The molecular weight excluding hydrogens is 634 g/mol. The first kappa shape index (κ1) is 34.4. The molecule has 2 amide bonds. The van der Waals surface area contributed by atoms with Crippen LogP contribution in [0.1, 0.15) is 22.7 Å². The lowest BCUT2D eigenvalue weighted by atomic mass is 10.0. The van der Waals surface area contributed by atoms with Crippen molar-refractivity contribution < 1.29 is 37.0 Å². The Hall–Kier alpha value is -4.91. The number of amides is 2. The van der Waals surface area contributed by atoms with E-state index in [1.807, 2.05) is 54.6 Å². The van der Waals surface area contributed by atoms with Gasteiger partial charge in [-0.25, -0.2) is 8.42 Å². The Morgan fingerprint density at radius 2 is 1.48 bits per heavy atom. The molecule has 4 aromatic rings. The van der Waals surface area contributed by atoms with E-state index in [1.54, 1.807) is 38.5 Å². The minimum Gasteiger partial charge on any atom is -0.497 e. The molecule has 1 saturated heterocycles. The number of benzene rings is 4. The van der Waals surface area contributed by atoms with Gasteiger partial charge in [0, 0.05) is 31.7 Å². The lowest BCUT2D eigenvalue weighted by molar-refractivity contribution is -0.143. The number of hydrogen-bond acceptors (Lipinski definition) is 8. The van der Waals surface area contributed by atoms with E-state index in [2.05, 4.69) is 5.32 Å². The van der Waals surface area contributed by atoms with Crippen LogP contribution >= 0.6 is 0 Å². The highest BCUT2D eigenvalue weighted by Crippen LogP contribution is 2.27. The summed E-state index contributed by atoms with van der Waals surface area (Å²) in [5.41, 5.74) is 2.19. The zero-order valence-electron chi connectivity index (χ0n) is 26.9. The highest BCUT2D eigenvalue weighted by atomic mass is 32.2. The van der Waals surface area contributed by atoms with Gasteiger partial charge in [-0.2, -0.15) is 4.31 Å². The van der Waals surface area contributed by atoms with E-state index < -0.39 is 28.6 Å². The van der Waals surface area contributed by atoms with Crippen molar-refractivity contribution in [2.24, 2.45) is 0 Å². The molecule has 0 aromatic heterocycles. The molecule has 0 unspecified atom stereocenters. The predicted molar refractivity (Wildman–Crippen MR) is 179 cm³/mol. The van der Waals surface area contributed by atoms with E-state index in [9.17, 15) is 18.0 Å². The van der Waals surface area contributed by atoms with Gasteiger partial charge in [0.25, 0.3) is 5.91 Å². The molecular formula is C36H39N3O8S. The number of hydrogen-bond donors (Lipinski definition) is 1. The quantitative estimate of drug-likeness (QED) is 0.212. The van der Waals surface area contributed by atoms with Crippen molar-refractivity contribution in [3.63, 3.8) is 0 Å². The molecule has 11 nitrogen and oxygen atoms in total. The Morgan fingerprint density at radius 3 is 2.15 bits per heavy atom. The number of sulfonamides is 1. The van der Waals surface area contributed by atoms with Crippen molar-refractivity contribution in [3.05, 3.63) is 120 Å². The number of methoxy groups -OCH3 is 2. The van der Waals surface area contributed by atoms with Crippen LogP contribution in [-0.4, -0.2) is 76.6 Å². The second-order valence-corrected chi connectivity index (χ2v) is 12.9. The molecule has 1 atom stereocenters. The number of carbonyl (C=O) groups is 2. The monoisotopic (exact) mass is 673 g/mol. The van der Waals surface area contributed by atoms with Crippen molar-refractivity contribution in [2.75, 3.05) is 47.1 Å². The van der Waals surface area contributed by atoms with Crippen molar-refractivity contribution in [3.8, 4) is 17.2 Å². The maximum Gasteiger partial charge on any atom is 0.261 e. The molecule has 1 heterocycles. The van der Waals surface area contributed by atoms with Gasteiger partial charge < -0.3 is 29.2 Å². The number of nitrogens with one attached hydrogen (secondary N) is 1. The molecule has 0 saturated carbocycles. The third-order valence-corrected chi connectivity index (χ3v) is 9.86. The number of para-hydroxylation sites is 1. The van der Waals surface area contributed by atoms with Crippen LogP contribution in [0.4, 0.5) is 0 Å². The fraction of sp³-hybridized carbons (Fsp3) is 0.278.